The predicted octanol–water partition coefficient (Wildman–Crippen LogP) is 1.83. The standard InChI is InChI=1S/C14H21N3O/c1-10-16-13-7-11(5-6-14(13)17(10)3)12(8-15-2)9-18-4/h5-7,12,15H,8-9H2,1-4H3. The maximum absolute atomic E-state index is 5.29. The maximum atomic E-state index is 5.29. The van der Waals surface area contributed by atoms with Gasteiger partial charge in [0.1, 0.15) is 5.82 Å². The van der Waals surface area contributed by atoms with Crippen LogP contribution in [-0.4, -0.2) is 36.9 Å². The first-order valence-corrected chi connectivity index (χ1v) is 6.24. The molecule has 4 nitrogen and oxygen atoms in total. The quantitative estimate of drug-likeness (QED) is 0.876. The molecule has 0 spiro atoms. The molecular formula is C14H21N3O. The molecule has 1 aromatic carbocycles. The third-order valence-corrected chi connectivity index (χ3v) is 3.42. The van der Waals surface area contributed by atoms with Gasteiger partial charge in [0.2, 0.25) is 0 Å². The van der Waals surface area contributed by atoms with Crippen LogP contribution < -0.4 is 5.32 Å². The van der Waals surface area contributed by atoms with Crippen molar-refractivity contribution >= 4 is 11.0 Å². The first-order chi connectivity index (χ1) is 8.67. The number of hydrogen-bond acceptors (Lipinski definition) is 3. The summed E-state index contributed by atoms with van der Waals surface area (Å²) < 4.78 is 7.40. The fourth-order valence-electron chi connectivity index (χ4n) is 2.31. The lowest BCUT2D eigenvalue weighted by molar-refractivity contribution is 0.178. The number of hydrogen-bond donors (Lipinski definition) is 1. The topological polar surface area (TPSA) is 39.1 Å². The summed E-state index contributed by atoms with van der Waals surface area (Å²) in [6.07, 6.45) is 0. The Morgan fingerprint density at radius 3 is 2.89 bits per heavy atom. The maximum Gasteiger partial charge on any atom is 0.106 e. The van der Waals surface area contributed by atoms with E-state index in [1.54, 1.807) is 7.11 Å². The molecule has 1 heterocycles. The molecule has 0 fully saturated rings. The van der Waals surface area contributed by atoms with E-state index in [0.29, 0.717) is 5.92 Å². The van der Waals surface area contributed by atoms with Crippen LogP contribution in [0.15, 0.2) is 18.2 Å². The first-order valence-electron chi connectivity index (χ1n) is 6.24. The van der Waals surface area contributed by atoms with Gasteiger partial charge in [0.15, 0.2) is 0 Å². The van der Waals surface area contributed by atoms with Crippen LogP contribution in [0.4, 0.5) is 0 Å². The van der Waals surface area contributed by atoms with Crippen LogP contribution in [0.2, 0.25) is 0 Å². The Morgan fingerprint density at radius 2 is 2.22 bits per heavy atom. The molecule has 0 aliphatic heterocycles. The van der Waals surface area contributed by atoms with Crippen molar-refractivity contribution in [2.75, 3.05) is 27.3 Å². The first kappa shape index (κ1) is 13.1. The average molecular weight is 247 g/mol. The van der Waals surface area contributed by atoms with Crippen LogP contribution in [-0.2, 0) is 11.8 Å². The molecule has 2 rings (SSSR count). The number of benzene rings is 1. The summed E-state index contributed by atoms with van der Waals surface area (Å²) in [6, 6.07) is 6.48. The number of ether oxygens (including phenoxy) is 1. The molecule has 1 unspecified atom stereocenters. The molecule has 18 heavy (non-hydrogen) atoms. The summed E-state index contributed by atoms with van der Waals surface area (Å²) in [4.78, 5) is 4.58. The summed E-state index contributed by atoms with van der Waals surface area (Å²) in [6.45, 7) is 3.66. The third kappa shape index (κ3) is 2.40. The zero-order valence-electron chi connectivity index (χ0n) is 11.5. The SMILES string of the molecule is CNCC(COC)c1ccc2c(c1)nc(C)n2C. The lowest BCUT2D eigenvalue weighted by Crippen LogP contribution is -2.20. The fraction of sp³-hybridized carbons (Fsp3) is 0.500. The van der Waals surface area contributed by atoms with Crippen LogP contribution in [0.25, 0.3) is 11.0 Å². The molecule has 2 aromatic rings. The number of fused-ring (bicyclic) bond motifs is 1. The van der Waals surface area contributed by atoms with E-state index in [9.17, 15) is 0 Å². The normalized spacial score (nSPS) is 13.1. The summed E-state index contributed by atoms with van der Waals surface area (Å²) in [5.74, 6) is 1.41. The monoisotopic (exact) mass is 247 g/mol. The van der Waals surface area contributed by atoms with Gasteiger partial charge in [-0.1, -0.05) is 6.07 Å². The number of rotatable bonds is 5. The summed E-state index contributed by atoms with van der Waals surface area (Å²) in [5.41, 5.74) is 3.51. The Labute approximate surface area is 108 Å². The minimum Gasteiger partial charge on any atom is -0.384 e. The highest BCUT2D eigenvalue weighted by Crippen LogP contribution is 2.22. The second-order valence-corrected chi connectivity index (χ2v) is 4.68. The molecule has 98 valence electrons. The van der Waals surface area contributed by atoms with E-state index in [-0.39, 0.29) is 0 Å². The van der Waals surface area contributed by atoms with Crippen molar-refractivity contribution in [3.8, 4) is 0 Å². The second-order valence-electron chi connectivity index (χ2n) is 4.68. The van der Waals surface area contributed by atoms with E-state index in [1.165, 1.54) is 11.1 Å². The Bertz CT molecular complexity index is 527. The molecule has 1 atom stereocenters. The van der Waals surface area contributed by atoms with Gasteiger partial charge in [-0.2, -0.15) is 0 Å². The van der Waals surface area contributed by atoms with E-state index in [2.05, 4.69) is 33.1 Å². The van der Waals surface area contributed by atoms with Gasteiger partial charge in [0, 0.05) is 26.6 Å². The molecule has 1 N–H and O–H groups in total. The molecular weight excluding hydrogens is 226 g/mol. The van der Waals surface area contributed by atoms with Crippen molar-refractivity contribution in [2.24, 2.45) is 7.05 Å². The number of nitrogens with zero attached hydrogens (tertiary/aromatic N) is 2. The Hall–Kier alpha value is -1.39. The van der Waals surface area contributed by atoms with Gasteiger partial charge in [-0.3, -0.25) is 0 Å². The number of methoxy groups -OCH3 is 1. The highest BCUT2D eigenvalue weighted by Gasteiger charge is 2.12. The lowest BCUT2D eigenvalue weighted by atomic mass is 9.99. The molecule has 0 radical (unpaired) electrons. The summed E-state index contributed by atoms with van der Waals surface area (Å²) in [7, 11) is 5.75. The number of imidazole rings is 1. The second kappa shape index (κ2) is 5.50. The van der Waals surface area contributed by atoms with Crippen molar-refractivity contribution in [3.63, 3.8) is 0 Å². The van der Waals surface area contributed by atoms with Crippen LogP contribution in [0.1, 0.15) is 17.3 Å². The van der Waals surface area contributed by atoms with Gasteiger partial charge in [-0.25, -0.2) is 4.98 Å². The molecule has 0 aliphatic carbocycles. The van der Waals surface area contributed by atoms with Crippen molar-refractivity contribution < 1.29 is 4.74 Å². The Morgan fingerprint density at radius 1 is 1.44 bits per heavy atom. The van der Waals surface area contributed by atoms with E-state index in [4.69, 9.17) is 4.74 Å². The van der Waals surface area contributed by atoms with Crippen LogP contribution >= 0.6 is 0 Å². The van der Waals surface area contributed by atoms with Crippen molar-refractivity contribution in [1.82, 2.24) is 14.9 Å². The fourth-order valence-corrected chi connectivity index (χ4v) is 2.31. The minimum absolute atomic E-state index is 0.367. The molecule has 0 saturated heterocycles. The third-order valence-electron chi connectivity index (χ3n) is 3.42. The van der Waals surface area contributed by atoms with E-state index in [0.717, 1.165) is 24.5 Å². The lowest BCUT2D eigenvalue weighted by Gasteiger charge is -2.16. The zero-order valence-corrected chi connectivity index (χ0v) is 11.5. The number of nitrogens with one attached hydrogen (secondary N) is 1. The predicted molar refractivity (Wildman–Crippen MR) is 74.0 cm³/mol. The van der Waals surface area contributed by atoms with E-state index < -0.39 is 0 Å². The smallest absolute Gasteiger partial charge is 0.106 e. The van der Waals surface area contributed by atoms with Crippen molar-refractivity contribution in [1.29, 1.82) is 0 Å². The largest absolute Gasteiger partial charge is 0.384 e. The molecule has 0 bridgehead atoms. The number of aryl methyl sites for hydroxylation is 2. The van der Waals surface area contributed by atoms with Crippen LogP contribution in [0, 0.1) is 6.92 Å². The Balaban J connectivity index is 2.38. The van der Waals surface area contributed by atoms with Crippen LogP contribution in [0.5, 0.6) is 0 Å². The molecule has 0 amide bonds. The van der Waals surface area contributed by atoms with Gasteiger partial charge in [-0.15, -0.1) is 0 Å². The van der Waals surface area contributed by atoms with Gasteiger partial charge in [0.25, 0.3) is 0 Å². The van der Waals surface area contributed by atoms with E-state index in [1.807, 2.05) is 21.0 Å². The molecule has 0 aliphatic rings. The molecule has 4 heteroatoms. The highest BCUT2D eigenvalue weighted by molar-refractivity contribution is 5.77. The zero-order chi connectivity index (χ0) is 13.1. The van der Waals surface area contributed by atoms with Crippen LogP contribution in [0.3, 0.4) is 0 Å². The molecule has 0 saturated carbocycles. The van der Waals surface area contributed by atoms with Gasteiger partial charge in [-0.05, 0) is 31.7 Å². The number of likely N-dealkylation sites (N-methyl/N-ethyl adjacent to an activating group) is 1. The molecule has 1 aromatic heterocycles. The number of aromatic nitrogens is 2. The van der Waals surface area contributed by atoms with Gasteiger partial charge in [0.05, 0.1) is 17.6 Å². The Kier molecular flexibility index (Phi) is 3.99. The highest BCUT2D eigenvalue weighted by atomic mass is 16.5. The summed E-state index contributed by atoms with van der Waals surface area (Å²) >= 11 is 0. The van der Waals surface area contributed by atoms with E-state index >= 15 is 0 Å². The van der Waals surface area contributed by atoms with Gasteiger partial charge < -0.3 is 14.6 Å². The van der Waals surface area contributed by atoms with Gasteiger partial charge >= 0.3 is 0 Å². The van der Waals surface area contributed by atoms with Crippen molar-refractivity contribution in [2.45, 2.75) is 12.8 Å². The minimum atomic E-state index is 0.367. The van der Waals surface area contributed by atoms with Crippen molar-refractivity contribution in [3.05, 3.63) is 29.6 Å². The average Bonchev–Trinajstić information content (AvgIpc) is 2.64. The summed E-state index contributed by atoms with van der Waals surface area (Å²) in [5, 5.41) is 3.21.